The summed E-state index contributed by atoms with van der Waals surface area (Å²) >= 11 is 1.44. The van der Waals surface area contributed by atoms with Gasteiger partial charge in [0.05, 0.1) is 17.2 Å². The van der Waals surface area contributed by atoms with Gasteiger partial charge in [0.25, 0.3) is 0 Å². The van der Waals surface area contributed by atoms with Gasteiger partial charge in [0.2, 0.25) is 5.91 Å². The fraction of sp³-hybridized carbons (Fsp3) is 0.300. The number of amidine groups is 1. The van der Waals surface area contributed by atoms with Gasteiger partial charge in [-0.1, -0.05) is 12.1 Å². The Bertz CT molecular complexity index is 979. The van der Waals surface area contributed by atoms with Crippen LogP contribution in [0.15, 0.2) is 45.9 Å². The predicted molar refractivity (Wildman–Crippen MR) is 104 cm³/mol. The molecule has 8 heteroatoms. The number of aromatic nitrogens is 1. The summed E-state index contributed by atoms with van der Waals surface area (Å²) in [6.45, 7) is 6.84. The summed E-state index contributed by atoms with van der Waals surface area (Å²) in [5, 5.41) is 2.64. The number of esters is 1. The van der Waals surface area contributed by atoms with Crippen LogP contribution in [0.3, 0.4) is 0 Å². The van der Waals surface area contributed by atoms with Crippen LogP contribution in [0.5, 0.6) is 0 Å². The number of benzene rings is 1. The van der Waals surface area contributed by atoms with E-state index in [0.29, 0.717) is 22.8 Å². The summed E-state index contributed by atoms with van der Waals surface area (Å²) in [5.41, 5.74) is 1.85. The first kappa shape index (κ1) is 19.9. The van der Waals surface area contributed by atoms with E-state index in [4.69, 9.17) is 4.74 Å². The molecular formula is C20H20FN3O3S. The molecule has 146 valence electrons. The maximum absolute atomic E-state index is 13.4. The molecule has 1 atom stereocenters. The topological polar surface area (TPSA) is 71.9 Å². The SMILES string of the molecule is CCOC(=O)C1=C(C)N(C(C)=O)C(c2csc(C)n2)=NC1c1ccc(F)cc1. The molecule has 0 saturated heterocycles. The number of carbonyl (C=O) groups excluding carboxylic acids is 2. The molecule has 0 aliphatic carbocycles. The van der Waals surface area contributed by atoms with Crippen molar-refractivity contribution in [2.45, 2.75) is 33.7 Å². The van der Waals surface area contributed by atoms with E-state index in [0.717, 1.165) is 5.01 Å². The minimum atomic E-state index is -0.729. The Morgan fingerprint density at radius 3 is 2.46 bits per heavy atom. The summed E-state index contributed by atoms with van der Waals surface area (Å²) in [6.07, 6.45) is 0. The van der Waals surface area contributed by atoms with Crippen molar-refractivity contribution in [2.24, 2.45) is 4.99 Å². The van der Waals surface area contributed by atoms with Crippen molar-refractivity contribution in [3.8, 4) is 0 Å². The van der Waals surface area contributed by atoms with Crippen LogP contribution in [-0.4, -0.2) is 34.2 Å². The summed E-state index contributed by atoms with van der Waals surface area (Å²) in [6, 6.07) is 5.04. The fourth-order valence-electron chi connectivity index (χ4n) is 3.11. The highest BCUT2D eigenvalue weighted by Crippen LogP contribution is 2.36. The summed E-state index contributed by atoms with van der Waals surface area (Å²) in [5.74, 6) is -0.876. The largest absolute Gasteiger partial charge is 0.463 e. The van der Waals surface area contributed by atoms with Crippen LogP contribution in [0.1, 0.15) is 43.1 Å². The van der Waals surface area contributed by atoms with Crippen molar-refractivity contribution in [1.82, 2.24) is 9.88 Å². The molecule has 2 heterocycles. The van der Waals surface area contributed by atoms with E-state index in [9.17, 15) is 14.0 Å². The maximum atomic E-state index is 13.4. The Kier molecular flexibility index (Phi) is 5.69. The third kappa shape index (κ3) is 3.73. The van der Waals surface area contributed by atoms with E-state index < -0.39 is 12.0 Å². The van der Waals surface area contributed by atoms with Crippen molar-refractivity contribution >= 4 is 29.0 Å². The number of nitrogens with zero attached hydrogens (tertiary/aromatic N) is 3. The molecule has 1 aliphatic rings. The molecule has 1 amide bonds. The molecule has 0 N–H and O–H groups in total. The number of hydrogen-bond acceptors (Lipinski definition) is 6. The molecule has 0 radical (unpaired) electrons. The van der Waals surface area contributed by atoms with Gasteiger partial charge in [-0.05, 0) is 38.5 Å². The number of ether oxygens (including phenoxy) is 1. The summed E-state index contributed by atoms with van der Waals surface area (Å²) in [7, 11) is 0. The molecule has 0 saturated carbocycles. The highest BCUT2D eigenvalue weighted by molar-refractivity contribution is 7.09. The Morgan fingerprint density at radius 2 is 1.93 bits per heavy atom. The van der Waals surface area contributed by atoms with Crippen LogP contribution in [0.2, 0.25) is 0 Å². The van der Waals surface area contributed by atoms with Crippen LogP contribution in [0.25, 0.3) is 0 Å². The second-order valence-electron chi connectivity index (χ2n) is 6.23. The lowest BCUT2D eigenvalue weighted by atomic mass is 9.95. The quantitative estimate of drug-likeness (QED) is 0.731. The first-order chi connectivity index (χ1) is 13.3. The van der Waals surface area contributed by atoms with Gasteiger partial charge in [-0.3, -0.25) is 14.7 Å². The number of halogens is 1. The Hall–Kier alpha value is -2.87. The molecule has 6 nitrogen and oxygen atoms in total. The molecule has 1 aromatic carbocycles. The lowest BCUT2D eigenvalue weighted by Gasteiger charge is -2.32. The normalized spacial score (nSPS) is 16.8. The zero-order valence-electron chi connectivity index (χ0n) is 16.0. The van der Waals surface area contributed by atoms with Gasteiger partial charge in [-0.25, -0.2) is 14.2 Å². The van der Waals surface area contributed by atoms with E-state index in [1.54, 1.807) is 26.0 Å². The van der Waals surface area contributed by atoms with Crippen molar-refractivity contribution in [2.75, 3.05) is 6.61 Å². The molecular weight excluding hydrogens is 381 g/mol. The molecule has 28 heavy (non-hydrogen) atoms. The first-order valence-corrected chi connectivity index (χ1v) is 9.65. The molecule has 1 aliphatic heterocycles. The number of hydrogen-bond donors (Lipinski definition) is 0. The molecule has 3 rings (SSSR count). The Balaban J connectivity index is 2.21. The standard InChI is InChI=1S/C20H20FN3O3S/c1-5-27-20(26)17-11(2)24(13(4)25)19(16-10-28-12(3)22-16)23-18(17)14-6-8-15(21)9-7-14/h6-10,18H,5H2,1-4H3. The minimum absolute atomic E-state index is 0.188. The van der Waals surface area contributed by atoms with Crippen molar-refractivity contribution in [3.63, 3.8) is 0 Å². The van der Waals surface area contributed by atoms with E-state index in [1.807, 2.05) is 12.3 Å². The first-order valence-electron chi connectivity index (χ1n) is 8.77. The Morgan fingerprint density at radius 1 is 1.25 bits per heavy atom. The van der Waals surface area contributed by atoms with Gasteiger partial charge in [0.15, 0.2) is 5.84 Å². The number of thiazole rings is 1. The lowest BCUT2D eigenvalue weighted by molar-refractivity contribution is -0.139. The molecule has 0 spiro atoms. The van der Waals surface area contributed by atoms with Gasteiger partial charge >= 0.3 is 5.97 Å². The third-order valence-corrected chi connectivity index (χ3v) is 5.08. The van der Waals surface area contributed by atoms with E-state index in [2.05, 4.69) is 9.98 Å². The molecule has 1 unspecified atom stereocenters. The smallest absolute Gasteiger partial charge is 0.338 e. The molecule has 0 bridgehead atoms. The fourth-order valence-corrected chi connectivity index (χ4v) is 3.70. The van der Waals surface area contributed by atoms with Gasteiger partial charge < -0.3 is 4.74 Å². The number of aliphatic imine (C=N–C) groups is 1. The summed E-state index contributed by atoms with van der Waals surface area (Å²) < 4.78 is 18.6. The minimum Gasteiger partial charge on any atom is -0.463 e. The van der Waals surface area contributed by atoms with Gasteiger partial charge in [0, 0.05) is 18.0 Å². The number of amides is 1. The number of aryl methyl sites for hydroxylation is 1. The second kappa shape index (κ2) is 8.02. The van der Waals surface area contributed by atoms with E-state index in [-0.39, 0.29) is 23.9 Å². The summed E-state index contributed by atoms with van der Waals surface area (Å²) in [4.78, 5) is 35.6. The zero-order chi connectivity index (χ0) is 20.4. The average molecular weight is 401 g/mol. The number of allylic oxidation sites excluding steroid dienone is 1. The van der Waals surface area contributed by atoms with Crippen LogP contribution in [-0.2, 0) is 14.3 Å². The van der Waals surface area contributed by atoms with Crippen molar-refractivity contribution in [3.05, 3.63) is 63.0 Å². The highest BCUT2D eigenvalue weighted by atomic mass is 32.1. The second-order valence-corrected chi connectivity index (χ2v) is 7.29. The number of rotatable bonds is 4. The van der Waals surface area contributed by atoms with Crippen molar-refractivity contribution in [1.29, 1.82) is 0 Å². The predicted octanol–water partition coefficient (Wildman–Crippen LogP) is 3.78. The maximum Gasteiger partial charge on any atom is 0.338 e. The van der Waals surface area contributed by atoms with Gasteiger partial charge in [-0.2, -0.15) is 0 Å². The molecule has 2 aromatic rings. The highest BCUT2D eigenvalue weighted by Gasteiger charge is 2.36. The zero-order valence-corrected chi connectivity index (χ0v) is 16.8. The number of carbonyl (C=O) groups is 2. The monoisotopic (exact) mass is 401 g/mol. The van der Waals surface area contributed by atoms with Crippen molar-refractivity contribution < 1.29 is 18.7 Å². The van der Waals surface area contributed by atoms with Crippen LogP contribution in [0, 0.1) is 12.7 Å². The van der Waals surface area contributed by atoms with E-state index in [1.165, 1.54) is 35.3 Å². The van der Waals surface area contributed by atoms with Crippen LogP contribution >= 0.6 is 11.3 Å². The lowest BCUT2D eigenvalue weighted by Crippen LogP contribution is -2.40. The van der Waals surface area contributed by atoms with E-state index >= 15 is 0 Å². The van der Waals surface area contributed by atoms with Gasteiger partial charge in [0.1, 0.15) is 17.6 Å². The third-order valence-electron chi connectivity index (χ3n) is 4.31. The van der Waals surface area contributed by atoms with Crippen LogP contribution < -0.4 is 0 Å². The molecule has 0 fully saturated rings. The average Bonchev–Trinajstić information content (AvgIpc) is 3.07. The van der Waals surface area contributed by atoms with Gasteiger partial charge in [-0.15, -0.1) is 11.3 Å². The molecule has 1 aromatic heterocycles. The van der Waals surface area contributed by atoms with Crippen LogP contribution in [0.4, 0.5) is 4.39 Å². The Labute approximate surface area is 166 Å².